The zero-order valence-corrected chi connectivity index (χ0v) is 15.0. The maximum Gasteiger partial charge on any atom is 0.266 e. The summed E-state index contributed by atoms with van der Waals surface area (Å²) in [4.78, 5) is 28.8. The van der Waals surface area contributed by atoms with Gasteiger partial charge in [-0.05, 0) is 23.8 Å². The molecule has 0 saturated carbocycles. The second-order valence-corrected chi connectivity index (χ2v) is 7.76. The summed E-state index contributed by atoms with van der Waals surface area (Å²) in [6.45, 7) is 5.57. The number of thiazole rings is 1. The van der Waals surface area contributed by atoms with Crippen molar-refractivity contribution < 1.29 is 4.79 Å². The average molecular weight is 330 g/mol. The summed E-state index contributed by atoms with van der Waals surface area (Å²) in [6, 6.07) is 7.95. The van der Waals surface area contributed by atoms with Crippen molar-refractivity contribution >= 4 is 35.0 Å². The predicted molar refractivity (Wildman–Crippen MR) is 97.5 cm³/mol. The van der Waals surface area contributed by atoms with Gasteiger partial charge in [0.05, 0.1) is 9.20 Å². The van der Waals surface area contributed by atoms with Crippen molar-refractivity contribution in [2.24, 2.45) is 5.41 Å². The number of hydrogen-bond acceptors (Lipinski definition) is 4. The fourth-order valence-corrected chi connectivity index (χ4v) is 2.77. The topological polar surface area (TPSA) is 53.2 Å². The molecule has 0 unspecified atom stereocenters. The summed E-state index contributed by atoms with van der Waals surface area (Å²) in [5, 5.41) is 0. The Kier molecular flexibility index (Phi) is 4.90. The van der Waals surface area contributed by atoms with Gasteiger partial charge in [0.25, 0.3) is 5.56 Å². The second kappa shape index (κ2) is 6.54. The highest BCUT2D eigenvalue weighted by molar-refractivity contribution is 7.07. The van der Waals surface area contributed by atoms with E-state index in [9.17, 15) is 9.59 Å². The highest BCUT2D eigenvalue weighted by atomic mass is 32.1. The van der Waals surface area contributed by atoms with Crippen LogP contribution >= 0.6 is 11.3 Å². The Morgan fingerprint density at radius 1 is 1.17 bits per heavy atom. The number of ketones is 1. The van der Waals surface area contributed by atoms with Crippen LogP contribution in [0.4, 0.5) is 5.69 Å². The number of rotatable bonds is 3. The second-order valence-electron chi connectivity index (χ2n) is 6.67. The molecule has 0 aliphatic rings. The first-order valence-corrected chi connectivity index (χ1v) is 8.23. The van der Waals surface area contributed by atoms with Gasteiger partial charge in [0.15, 0.2) is 5.78 Å². The van der Waals surface area contributed by atoms with Crippen molar-refractivity contribution in [2.75, 3.05) is 19.0 Å². The molecule has 1 N–H and O–H groups in total. The van der Waals surface area contributed by atoms with E-state index in [0.29, 0.717) is 9.20 Å². The predicted octanol–water partition coefficient (Wildman–Crippen LogP) is 1.73. The van der Waals surface area contributed by atoms with Crippen LogP contribution in [-0.4, -0.2) is 24.9 Å². The number of H-pyrrole nitrogens is 1. The Balaban J connectivity index is 2.40. The summed E-state index contributed by atoms with van der Waals surface area (Å²) in [5.41, 5.74) is 1.44. The number of aromatic amines is 1. The van der Waals surface area contributed by atoms with Gasteiger partial charge < -0.3 is 9.88 Å². The van der Waals surface area contributed by atoms with E-state index in [1.54, 1.807) is 0 Å². The summed E-state index contributed by atoms with van der Waals surface area (Å²) < 4.78 is 1.18. The van der Waals surface area contributed by atoms with Crippen LogP contribution in [0.3, 0.4) is 0 Å². The maximum atomic E-state index is 12.0. The minimum atomic E-state index is -0.452. The quantitative estimate of drug-likeness (QED) is 0.932. The van der Waals surface area contributed by atoms with Crippen LogP contribution in [0.15, 0.2) is 29.1 Å². The highest BCUT2D eigenvalue weighted by Gasteiger charge is 2.18. The number of hydrogen-bond donors (Lipinski definition) is 1. The Labute approximate surface area is 139 Å². The molecule has 1 aromatic carbocycles. The first-order valence-electron chi connectivity index (χ1n) is 7.41. The van der Waals surface area contributed by atoms with E-state index >= 15 is 0 Å². The molecule has 5 heteroatoms. The molecule has 0 atom stereocenters. The first kappa shape index (κ1) is 17.2. The number of nitrogens with zero attached hydrogens (tertiary/aromatic N) is 1. The minimum absolute atomic E-state index is 0.00288. The van der Waals surface area contributed by atoms with Gasteiger partial charge in [0.1, 0.15) is 0 Å². The van der Waals surface area contributed by atoms with Gasteiger partial charge >= 0.3 is 0 Å². The zero-order valence-electron chi connectivity index (χ0n) is 14.1. The molecular formula is C18H22N2O2S. The summed E-state index contributed by atoms with van der Waals surface area (Å²) >= 11 is 1.30. The molecule has 2 aromatic rings. The monoisotopic (exact) mass is 330 g/mol. The largest absolute Gasteiger partial charge is 0.378 e. The normalized spacial score (nSPS) is 13.4. The van der Waals surface area contributed by atoms with Gasteiger partial charge in [0, 0.05) is 31.3 Å². The molecule has 1 heterocycles. The lowest BCUT2D eigenvalue weighted by Crippen LogP contribution is -2.22. The molecule has 0 fully saturated rings. The minimum Gasteiger partial charge on any atom is -0.378 e. The molecule has 0 amide bonds. The molecule has 0 saturated heterocycles. The van der Waals surface area contributed by atoms with Gasteiger partial charge in [0.2, 0.25) is 0 Å². The van der Waals surface area contributed by atoms with Crippen LogP contribution in [0.2, 0.25) is 0 Å². The third-order valence-electron chi connectivity index (χ3n) is 3.39. The first-order chi connectivity index (χ1) is 10.7. The average Bonchev–Trinajstić information content (AvgIpc) is 2.78. The molecule has 0 radical (unpaired) electrons. The number of aromatic nitrogens is 1. The third-order valence-corrected chi connectivity index (χ3v) is 4.35. The van der Waals surface area contributed by atoms with E-state index in [-0.39, 0.29) is 11.3 Å². The van der Waals surface area contributed by atoms with E-state index < -0.39 is 5.41 Å². The highest BCUT2D eigenvalue weighted by Crippen LogP contribution is 2.15. The van der Waals surface area contributed by atoms with Gasteiger partial charge in [-0.1, -0.05) is 32.9 Å². The smallest absolute Gasteiger partial charge is 0.266 e. The Morgan fingerprint density at radius 3 is 2.30 bits per heavy atom. The van der Waals surface area contributed by atoms with Crippen molar-refractivity contribution in [1.29, 1.82) is 0 Å². The SMILES string of the molecule is CN(C)c1ccc(C=c2sc(=CC(=O)C(C)(C)C)[nH]c2=O)cc1. The van der Waals surface area contributed by atoms with Crippen LogP contribution < -0.4 is 19.7 Å². The molecule has 2 rings (SSSR count). The fourth-order valence-electron chi connectivity index (χ4n) is 1.88. The molecule has 4 nitrogen and oxygen atoms in total. The van der Waals surface area contributed by atoms with Crippen molar-refractivity contribution in [3.8, 4) is 0 Å². The summed E-state index contributed by atoms with van der Waals surface area (Å²) in [6.07, 6.45) is 3.35. The van der Waals surface area contributed by atoms with Crippen LogP contribution in [0.25, 0.3) is 12.2 Å². The van der Waals surface area contributed by atoms with E-state index in [4.69, 9.17) is 0 Å². The standard InChI is InChI=1S/C18H22N2O2S/c1-18(2,3)15(21)11-16-19-17(22)14(23-16)10-12-6-8-13(9-7-12)20(4)5/h6-11H,1-5H3,(H,19,22). The number of benzene rings is 1. The van der Waals surface area contributed by atoms with Crippen LogP contribution in [-0.2, 0) is 4.79 Å². The molecule has 0 bridgehead atoms. The van der Waals surface area contributed by atoms with Crippen LogP contribution in [0.1, 0.15) is 26.3 Å². The molecule has 1 aromatic heterocycles. The van der Waals surface area contributed by atoms with Crippen molar-refractivity contribution in [3.05, 3.63) is 49.4 Å². The lowest BCUT2D eigenvalue weighted by Gasteiger charge is -2.12. The number of Topliss-reactive ketones (excluding diaryl/α,β-unsaturated/α-hetero) is 1. The molecule has 0 aliphatic carbocycles. The molecule has 0 aliphatic heterocycles. The van der Waals surface area contributed by atoms with E-state index in [2.05, 4.69) is 4.98 Å². The lowest BCUT2D eigenvalue weighted by atomic mass is 9.91. The van der Waals surface area contributed by atoms with Crippen molar-refractivity contribution in [3.63, 3.8) is 0 Å². The number of nitrogens with one attached hydrogen (secondary N) is 1. The van der Waals surface area contributed by atoms with E-state index in [0.717, 1.165) is 11.3 Å². The molecule has 0 spiro atoms. The van der Waals surface area contributed by atoms with Gasteiger partial charge in [-0.2, -0.15) is 0 Å². The molecular weight excluding hydrogens is 308 g/mol. The van der Waals surface area contributed by atoms with Gasteiger partial charge in [-0.25, -0.2) is 0 Å². The van der Waals surface area contributed by atoms with Crippen LogP contribution in [0.5, 0.6) is 0 Å². The van der Waals surface area contributed by atoms with Gasteiger partial charge in [-0.15, -0.1) is 11.3 Å². The number of anilines is 1. The number of carbonyl (C=O) groups is 1. The zero-order chi connectivity index (χ0) is 17.2. The van der Waals surface area contributed by atoms with E-state index in [1.807, 2.05) is 70.1 Å². The lowest BCUT2D eigenvalue weighted by molar-refractivity contribution is -0.119. The van der Waals surface area contributed by atoms with Crippen molar-refractivity contribution in [2.45, 2.75) is 20.8 Å². The number of carbonyl (C=O) groups excluding carboxylic acids is 1. The van der Waals surface area contributed by atoms with Crippen LogP contribution in [0, 0.1) is 5.41 Å². The molecule has 23 heavy (non-hydrogen) atoms. The maximum absolute atomic E-state index is 12.0. The van der Waals surface area contributed by atoms with Gasteiger partial charge in [-0.3, -0.25) is 9.59 Å². The summed E-state index contributed by atoms with van der Waals surface area (Å²) in [5.74, 6) is -0.00288. The Morgan fingerprint density at radius 2 is 1.78 bits per heavy atom. The summed E-state index contributed by atoms with van der Waals surface area (Å²) in [7, 11) is 3.97. The van der Waals surface area contributed by atoms with E-state index in [1.165, 1.54) is 17.4 Å². The molecule has 122 valence electrons. The van der Waals surface area contributed by atoms with Crippen molar-refractivity contribution in [1.82, 2.24) is 4.98 Å². The fraction of sp³-hybridized carbons (Fsp3) is 0.333. The third kappa shape index (κ3) is 4.42. The Bertz CT molecular complexity index is 865. The Hall–Kier alpha value is -2.14.